The summed E-state index contributed by atoms with van der Waals surface area (Å²) in [6.07, 6.45) is 4.37. The van der Waals surface area contributed by atoms with Crippen LogP contribution < -0.4 is 5.32 Å². The Labute approximate surface area is 111 Å². The smallest absolute Gasteiger partial charge is 0.104 e. The Hall–Kier alpha value is -1.41. The molecule has 0 fully saturated rings. The van der Waals surface area contributed by atoms with Crippen molar-refractivity contribution in [1.82, 2.24) is 4.98 Å². The molecule has 0 N–H and O–H groups in total. The van der Waals surface area contributed by atoms with Crippen LogP contribution in [0.25, 0.3) is 0 Å². The minimum Gasteiger partial charge on any atom is -0.266 e. The second kappa shape index (κ2) is 5.96. The van der Waals surface area contributed by atoms with Gasteiger partial charge in [-0.2, -0.15) is 0 Å². The lowest BCUT2D eigenvalue weighted by Gasteiger charge is -2.21. The van der Waals surface area contributed by atoms with E-state index in [2.05, 4.69) is 60.5 Å². The molecule has 1 aromatic heterocycles. The molecule has 0 bridgehead atoms. The van der Waals surface area contributed by atoms with E-state index in [9.17, 15) is 0 Å². The number of benzene rings is 1. The molecule has 0 unspecified atom stereocenters. The van der Waals surface area contributed by atoms with Crippen molar-refractivity contribution in [2.24, 2.45) is 0 Å². The molecule has 0 spiro atoms. The Morgan fingerprint density at radius 3 is 2.33 bits per heavy atom. The third kappa shape index (κ3) is 3.54. The van der Waals surface area contributed by atoms with Gasteiger partial charge in [0, 0.05) is 11.5 Å². The number of hydrogen-bond donors (Lipinski definition) is 0. The van der Waals surface area contributed by atoms with E-state index in [-0.39, 0.29) is 0 Å². The van der Waals surface area contributed by atoms with E-state index in [4.69, 9.17) is 0 Å². The zero-order valence-corrected chi connectivity index (χ0v) is 12.3. The van der Waals surface area contributed by atoms with Gasteiger partial charge in [-0.1, -0.05) is 62.0 Å². The SMILES string of the molecule is C[Si](C)(CCCc1ccccc1)c1ccccn1. The van der Waals surface area contributed by atoms with Crippen molar-refractivity contribution in [3.63, 3.8) is 0 Å². The zero-order chi connectivity index (χ0) is 12.8. The highest BCUT2D eigenvalue weighted by Crippen LogP contribution is 2.14. The van der Waals surface area contributed by atoms with E-state index in [1.165, 1.54) is 29.8 Å². The van der Waals surface area contributed by atoms with Crippen LogP contribution >= 0.6 is 0 Å². The van der Waals surface area contributed by atoms with Crippen molar-refractivity contribution in [3.8, 4) is 0 Å². The molecule has 0 aliphatic rings. The molecule has 94 valence electrons. The van der Waals surface area contributed by atoms with Gasteiger partial charge in [0.2, 0.25) is 0 Å². The zero-order valence-electron chi connectivity index (χ0n) is 11.3. The summed E-state index contributed by atoms with van der Waals surface area (Å²) in [4.78, 5) is 4.54. The molecule has 0 amide bonds. The Morgan fingerprint density at radius 1 is 0.944 bits per heavy atom. The molecule has 2 rings (SSSR count). The van der Waals surface area contributed by atoms with Crippen molar-refractivity contribution < 1.29 is 0 Å². The summed E-state index contributed by atoms with van der Waals surface area (Å²) >= 11 is 0. The van der Waals surface area contributed by atoms with Gasteiger partial charge < -0.3 is 0 Å². The fraction of sp³-hybridized carbons (Fsp3) is 0.312. The minimum atomic E-state index is -1.34. The van der Waals surface area contributed by atoms with Gasteiger partial charge in [0.1, 0.15) is 8.07 Å². The summed E-state index contributed by atoms with van der Waals surface area (Å²) in [5, 5.41) is 1.33. The van der Waals surface area contributed by atoms with Gasteiger partial charge in [-0.3, -0.25) is 4.98 Å². The average molecular weight is 255 g/mol. The molecule has 2 heteroatoms. The van der Waals surface area contributed by atoms with Crippen LogP contribution in [0.4, 0.5) is 0 Å². The minimum absolute atomic E-state index is 1.18. The Balaban J connectivity index is 1.90. The number of pyridine rings is 1. The second-order valence-corrected chi connectivity index (χ2v) is 10.2. The maximum atomic E-state index is 4.54. The molecular formula is C16H21NSi. The molecule has 0 atom stereocenters. The van der Waals surface area contributed by atoms with Crippen LogP contribution in [0.2, 0.25) is 19.1 Å². The molecule has 2 aromatic rings. The highest BCUT2D eigenvalue weighted by Gasteiger charge is 2.23. The average Bonchev–Trinajstić information content (AvgIpc) is 2.41. The van der Waals surface area contributed by atoms with Gasteiger partial charge in [0.05, 0.1) is 0 Å². The fourth-order valence-electron chi connectivity index (χ4n) is 2.27. The van der Waals surface area contributed by atoms with Crippen LogP contribution in [0, 0.1) is 0 Å². The molecular weight excluding hydrogens is 234 g/mol. The first-order valence-electron chi connectivity index (χ1n) is 6.64. The number of nitrogens with zero attached hydrogens (tertiary/aromatic N) is 1. The van der Waals surface area contributed by atoms with Gasteiger partial charge in [0.15, 0.2) is 0 Å². The molecule has 0 saturated carbocycles. The van der Waals surface area contributed by atoms with Crippen LogP contribution in [0.15, 0.2) is 54.7 Å². The van der Waals surface area contributed by atoms with Gasteiger partial charge in [-0.05, 0) is 24.1 Å². The number of hydrogen-bond acceptors (Lipinski definition) is 1. The molecule has 0 saturated heterocycles. The van der Waals surface area contributed by atoms with E-state index in [1.807, 2.05) is 12.3 Å². The highest BCUT2D eigenvalue weighted by molar-refractivity contribution is 6.89. The quantitative estimate of drug-likeness (QED) is 0.744. The van der Waals surface area contributed by atoms with Crippen LogP contribution in [0.1, 0.15) is 12.0 Å². The van der Waals surface area contributed by atoms with Crippen molar-refractivity contribution in [2.75, 3.05) is 0 Å². The van der Waals surface area contributed by atoms with Crippen molar-refractivity contribution in [2.45, 2.75) is 32.0 Å². The maximum Gasteiger partial charge on any atom is 0.104 e. The van der Waals surface area contributed by atoms with E-state index in [0.29, 0.717) is 0 Å². The van der Waals surface area contributed by atoms with E-state index in [1.54, 1.807) is 0 Å². The third-order valence-corrected chi connectivity index (χ3v) is 6.75. The fourth-order valence-corrected chi connectivity index (χ4v) is 4.56. The van der Waals surface area contributed by atoms with Crippen molar-refractivity contribution >= 4 is 13.4 Å². The Bertz CT molecular complexity index is 465. The lowest BCUT2D eigenvalue weighted by molar-refractivity contribution is 0.903. The topological polar surface area (TPSA) is 12.9 Å². The second-order valence-electron chi connectivity index (χ2n) is 5.44. The first kappa shape index (κ1) is 13.0. The first-order valence-corrected chi connectivity index (χ1v) is 9.85. The number of aryl methyl sites for hydroxylation is 1. The van der Waals surface area contributed by atoms with E-state index < -0.39 is 8.07 Å². The van der Waals surface area contributed by atoms with E-state index in [0.717, 1.165) is 0 Å². The third-order valence-electron chi connectivity index (χ3n) is 3.47. The number of rotatable bonds is 5. The molecule has 0 radical (unpaired) electrons. The van der Waals surface area contributed by atoms with E-state index >= 15 is 0 Å². The molecule has 18 heavy (non-hydrogen) atoms. The summed E-state index contributed by atoms with van der Waals surface area (Å²) in [5.41, 5.74) is 1.45. The van der Waals surface area contributed by atoms with Gasteiger partial charge in [-0.25, -0.2) is 0 Å². The molecule has 1 nitrogen and oxygen atoms in total. The van der Waals surface area contributed by atoms with Crippen LogP contribution in [-0.4, -0.2) is 13.1 Å². The largest absolute Gasteiger partial charge is 0.266 e. The molecule has 1 heterocycles. The van der Waals surface area contributed by atoms with Gasteiger partial charge >= 0.3 is 0 Å². The summed E-state index contributed by atoms with van der Waals surface area (Å²) in [7, 11) is -1.34. The molecule has 1 aromatic carbocycles. The summed E-state index contributed by atoms with van der Waals surface area (Å²) < 4.78 is 0. The lowest BCUT2D eigenvalue weighted by atomic mass is 10.1. The van der Waals surface area contributed by atoms with Crippen LogP contribution in [0.3, 0.4) is 0 Å². The number of aromatic nitrogens is 1. The summed E-state index contributed by atoms with van der Waals surface area (Å²) in [5.74, 6) is 0. The van der Waals surface area contributed by atoms with Crippen LogP contribution in [-0.2, 0) is 6.42 Å². The molecule has 0 aliphatic heterocycles. The first-order chi connectivity index (χ1) is 8.68. The van der Waals surface area contributed by atoms with Crippen molar-refractivity contribution in [3.05, 3.63) is 60.3 Å². The Morgan fingerprint density at radius 2 is 1.67 bits per heavy atom. The van der Waals surface area contributed by atoms with Gasteiger partial charge in [-0.15, -0.1) is 0 Å². The predicted molar refractivity (Wildman–Crippen MR) is 80.9 cm³/mol. The predicted octanol–water partition coefficient (Wildman–Crippen LogP) is 3.63. The van der Waals surface area contributed by atoms with Crippen molar-refractivity contribution in [1.29, 1.82) is 0 Å². The summed E-state index contributed by atoms with van der Waals surface area (Å²) in [6, 6.07) is 18.4. The standard InChI is InChI=1S/C16H21NSi/c1-18(2,16-12-6-7-13-17-16)14-8-11-15-9-4-3-5-10-15/h3-7,9-10,12-13H,8,11,14H2,1-2H3. The van der Waals surface area contributed by atoms with Crippen LogP contribution in [0.5, 0.6) is 0 Å². The molecule has 0 aliphatic carbocycles. The normalized spacial score (nSPS) is 11.4. The monoisotopic (exact) mass is 255 g/mol. The highest BCUT2D eigenvalue weighted by atomic mass is 28.3. The maximum absolute atomic E-state index is 4.54. The lowest BCUT2D eigenvalue weighted by Crippen LogP contribution is -2.43. The summed E-state index contributed by atoms with van der Waals surface area (Å²) in [6.45, 7) is 4.83. The Kier molecular flexibility index (Phi) is 4.31. The van der Waals surface area contributed by atoms with Gasteiger partial charge in [0.25, 0.3) is 0 Å².